The summed E-state index contributed by atoms with van der Waals surface area (Å²) in [5, 5.41) is 12.5. The van der Waals surface area contributed by atoms with Gasteiger partial charge in [0, 0.05) is 73.8 Å². The molecule has 3 N–H and O–H groups in total. The largest absolute Gasteiger partial charge is 0.371 e. The summed E-state index contributed by atoms with van der Waals surface area (Å²) < 4.78 is 20.6. The molecule has 2 saturated heterocycles. The van der Waals surface area contributed by atoms with Gasteiger partial charge < -0.3 is 19.9 Å². The Morgan fingerprint density at radius 1 is 1.00 bits per heavy atom. The first-order chi connectivity index (χ1) is 25.2. The van der Waals surface area contributed by atoms with E-state index >= 15 is 4.39 Å². The lowest BCUT2D eigenvalue weighted by atomic mass is 10.0. The van der Waals surface area contributed by atoms with E-state index in [0.29, 0.717) is 42.3 Å². The second-order valence-corrected chi connectivity index (χ2v) is 13.4. The van der Waals surface area contributed by atoms with Crippen LogP contribution in [-0.4, -0.2) is 83.6 Å². The zero-order valence-electron chi connectivity index (χ0n) is 29.1. The molecule has 52 heavy (non-hydrogen) atoms. The van der Waals surface area contributed by atoms with Gasteiger partial charge in [-0.1, -0.05) is 36.4 Å². The Hall–Kier alpha value is -5.60. The molecule has 1 aromatic heterocycles. The van der Waals surface area contributed by atoms with E-state index in [-0.39, 0.29) is 42.5 Å². The quantitative estimate of drug-likeness (QED) is 0.218. The molecule has 3 aliphatic heterocycles. The van der Waals surface area contributed by atoms with E-state index < -0.39 is 12.1 Å². The number of anilines is 3. The van der Waals surface area contributed by atoms with E-state index in [2.05, 4.69) is 30.6 Å². The van der Waals surface area contributed by atoms with Crippen molar-refractivity contribution >= 4 is 40.9 Å². The number of carbonyl (C=O) groups is 4. The number of benzene rings is 3. The summed E-state index contributed by atoms with van der Waals surface area (Å²) in [6.45, 7) is 2.93. The van der Waals surface area contributed by atoms with Gasteiger partial charge in [0.15, 0.2) is 11.9 Å². The number of nitrogens with zero attached hydrogens (tertiary/aromatic N) is 5. The molecule has 1 atom stereocenters. The number of halogens is 1. The molecule has 2 fully saturated rings. The Morgan fingerprint density at radius 2 is 1.73 bits per heavy atom. The minimum absolute atomic E-state index is 0.160. The standard InChI is InChI=1S/C38H41FN8O5/c1-44(21-26-10-13-29(20-31(26)39)47-19-16-33(48)40-38(47)51)27-14-17-45(18-15-27)28-11-8-25(9-12-28)36(49)41-35-30-22-46(23-32(30)42-43-35)37(50)34(52-2)24-6-4-3-5-7-24/h3-13,20,27,34H,14-19,21-23H2,1-2H3,(H,40,48,51)(H2,41,42,43,49)/t34-/m1/s1. The Balaban J connectivity index is 0.898. The second kappa shape index (κ2) is 14.9. The maximum absolute atomic E-state index is 15.1. The van der Waals surface area contributed by atoms with Crippen molar-refractivity contribution in [2.24, 2.45) is 0 Å². The van der Waals surface area contributed by atoms with E-state index in [0.717, 1.165) is 48.4 Å². The van der Waals surface area contributed by atoms with Gasteiger partial charge in [-0.05, 0) is 61.9 Å². The summed E-state index contributed by atoms with van der Waals surface area (Å²) in [7, 11) is 3.51. The molecule has 0 radical (unpaired) electrons. The molecule has 270 valence electrons. The van der Waals surface area contributed by atoms with Crippen LogP contribution in [0.5, 0.6) is 0 Å². The highest BCUT2D eigenvalue weighted by atomic mass is 19.1. The van der Waals surface area contributed by atoms with Crippen molar-refractivity contribution in [1.82, 2.24) is 25.3 Å². The van der Waals surface area contributed by atoms with E-state index in [9.17, 15) is 19.2 Å². The van der Waals surface area contributed by atoms with Crippen LogP contribution >= 0.6 is 0 Å². The zero-order valence-corrected chi connectivity index (χ0v) is 29.1. The first-order valence-corrected chi connectivity index (χ1v) is 17.4. The molecule has 3 aliphatic rings. The average Bonchev–Trinajstić information content (AvgIpc) is 3.75. The number of urea groups is 1. The van der Waals surface area contributed by atoms with Gasteiger partial charge in [0.2, 0.25) is 5.91 Å². The minimum Gasteiger partial charge on any atom is -0.371 e. The number of fused-ring (bicyclic) bond motifs is 1. The molecule has 4 heterocycles. The number of nitrogens with one attached hydrogen (secondary N) is 3. The SMILES string of the molecule is CO[C@@H](C(=O)N1Cc2[nH]nc(NC(=O)c3ccc(N4CCC(N(C)Cc5ccc(N6CCC(=O)NC6=O)cc5F)CC4)cc3)c2C1)c1ccccc1. The molecule has 0 bridgehead atoms. The first-order valence-electron chi connectivity index (χ1n) is 17.4. The fraction of sp³-hybridized carbons (Fsp3) is 0.342. The van der Waals surface area contributed by atoms with Gasteiger partial charge in [-0.2, -0.15) is 5.10 Å². The van der Waals surface area contributed by atoms with Crippen LogP contribution in [0.15, 0.2) is 72.8 Å². The second-order valence-electron chi connectivity index (χ2n) is 13.4. The fourth-order valence-corrected chi connectivity index (χ4v) is 7.18. The summed E-state index contributed by atoms with van der Waals surface area (Å²) in [6, 6.07) is 21.3. The molecule has 13 nitrogen and oxygen atoms in total. The molecule has 0 aliphatic carbocycles. The average molecular weight is 709 g/mol. The molecule has 0 spiro atoms. The van der Waals surface area contributed by atoms with Gasteiger partial charge in [0.25, 0.3) is 11.8 Å². The number of hydrogen-bond donors (Lipinski definition) is 3. The summed E-state index contributed by atoms with van der Waals surface area (Å²) in [6.07, 6.45) is 1.24. The Labute approximate surface area is 300 Å². The van der Waals surface area contributed by atoms with E-state index in [1.165, 1.54) is 18.1 Å². The highest BCUT2D eigenvalue weighted by molar-refractivity contribution is 6.06. The van der Waals surface area contributed by atoms with Crippen LogP contribution in [-0.2, 0) is 34.0 Å². The number of rotatable bonds is 10. The fourth-order valence-electron chi connectivity index (χ4n) is 7.18. The van der Waals surface area contributed by atoms with Crippen molar-refractivity contribution in [2.75, 3.05) is 48.9 Å². The molecule has 4 aromatic rings. The van der Waals surface area contributed by atoms with Gasteiger partial charge in [0.1, 0.15) is 5.82 Å². The normalized spacial score (nSPS) is 17.0. The number of H-pyrrole nitrogens is 1. The highest BCUT2D eigenvalue weighted by Crippen LogP contribution is 2.31. The molecular weight excluding hydrogens is 667 g/mol. The van der Waals surface area contributed by atoms with Gasteiger partial charge in [0.05, 0.1) is 18.8 Å². The molecule has 5 amide bonds. The van der Waals surface area contributed by atoms with Gasteiger partial charge in [-0.3, -0.25) is 34.6 Å². The molecule has 0 unspecified atom stereocenters. The third-order valence-electron chi connectivity index (χ3n) is 10.2. The lowest BCUT2D eigenvalue weighted by Crippen LogP contribution is -2.49. The number of piperidine rings is 1. The lowest BCUT2D eigenvalue weighted by Gasteiger charge is -2.38. The maximum atomic E-state index is 15.1. The van der Waals surface area contributed by atoms with E-state index in [1.807, 2.05) is 49.5 Å². The predicted octanol–water partition coefficient (Wildman–Crippen LogP) is 4.58. The summed E-state index contributed by atoms with van der Waals surface area (Å²) in [4.78, 5) is 57.7. The van der Waals surface area contributed by atoms with Crippen LogP contribution in [0.2, 0.25) is 0 Å². The van der Waals surface area contributed by atoms with Crippen molar-refractivity contribution in [3.05, 3.63) is 107 Å². The van der Waals surface area contributed by atoms with Crippen LogP contribution in [0.4, 0.5) is 26.4 Å². The van der Waals surface area contributed by atoms with Crippen molar-refractivity contribution in [3.8, 4) is 0 Å². The van der Waals surface area contributed by atoms with E-state index in [1.54, 1.807) is 29.2 Å². The van der Waals surface area contributed by atoms with Gasteiger partial charge in [-0.15, -0.1) is 0 Å². The number of aromatic amines is 1. The summed E-state index contributed by atoms with van der Waals surface area (Å²) in [5.41, 5.74) is 4.82. The van der Waals surface area contributed by atoms with Crippen molar-refractivity contribution in [3.63, 3.8) is 0 Å². The van der Waals surface area contributed by atoms with Gasteiger partial charge >= 0.3 is 6.03 Å². The Morgan fingerprint density at radius 3 is 2.42 bits per heavy atom. The monoisotopic (exact) mass is 708 g/mol. The smallest absolute Gasteiger partial charge is 0.328 e. The lowest BCUT2D eigenvalue weighted by molar-refractivity contribution is -0.143. The van der Waals surface area contributed by atoms with Crippen molar-refractivity contribution in [2.45, 2.75) is 51.0 Å². The number of hydrogen-bond acceptors (Lipinski definition) is 8. The number of ether oxygens (including phenoxy) is 1. The molecule has 14 heteroatoms. The maximum Gasteiger partial charge on any atom is 0.328 e. The highest BCUT2D eigenvalue weighted by Gasteiger charge is 2.34. The topological polar surface area (TPSA) is 143 Å². The van der Waals surface area contributed by atoms with E-state index in [4.69, 9.17) is 4.74 Å². The first kappa shape index (κ1) is 34.8. The van der Waals surface area contributed by atoms with Crippen LogP contribution in [0.25, 0.3) is 0 Å². The van der Waals surface area contributed by atoms with Crippen molar-refractivity contribution in [1.29, 1.82) is 0 Å². The number of imide groups is 1. The predicted molar refractivity (Wildman–Crippen MR) is 192 cm³/mol. The van der Waals surface area contributed by atoms with Crippen LogP contribution < -0.4 is 20.4 Å². The summed E-state index contributed by atoms with van der Waals surface area (Å²) in [5.74, 6) is -0.762. The number of amides is 5. The van der Waals surface area contributed by atoms with Crippen LogP contribution in [0, 0.1) is 5.82 Å². The Kier molecular flexibility index (Phi) is 10.0. The number of carbonyl (C=O) groups excluding carboxylic acids is 4. The molecule has 3 aromatic carbocycles. The molecule has 7 rings (SSSR count). The van der Waals surface area contributed by atoms with Crippen LogP contribution in [0.1, 0.15) is 58.1 Å². The number of aromatic nitrogens is 2. The third kappa shape index (κ3) is 7.25. The van der Waals surface area contributed by atoms with Crippen molar-refractivity contribution < 1.29 is 28.3 Å². The molecule has 0 saturated carbocycles. The molecular formula is C38H41FN8O5. The zero-order chi connectivity index (χ0) is 36.4. The van der Waals surface area contributed by atoms with Crippen LogP contribution in [0.3, 0.4) is 0 Å². The third-order valence-corrected chi connectivity index (χ3v) is 10.2. The summed E-state index contributed by atoms with van der Waals surface area (Å²) >= 11 is 0. The van der Waals surface area contributed by atoms with Gasteiger partial charge in [-0.25, -0.2) is 9.18 Å². The Bertz CT molecular complexity index is 1960. The number of methoxy groups -OCH3 is 1. The minimum atomic E-state index is -0.720.